The number of hydrogen-bond donors (Lipinski definition) is 1. The predicted molar refractivity (Wildman–Crippen MR) is 73.3 cm³/mol. The van der Waals surface area contributed by atoms with Crippen LogP contribution in [0.15, 0.2) is 23.2 Å². The van der Waals surface area contributed by atoms with Gasteiger partial charge in [0.15, 0.2) is 5.17 Å². The van der Waals surface area contributed by atoms with Crippen molar-refractivity contribution in [3.8, 4) is 0 Å². The van der Waals surface area contributed by atoms with Gasteiger partial charge in [-0.25, -0.2) is 4.39 Å². The van der Waals surface area contributed by atoms with E-state index in [0.717, 1.165) is 16.6 Å². The summed E-state index contributed by atoms with van der Waals surface area (Å²) < 4.78 is 13.4. The van der Waals surface area contributed by atoms with Crippen molar-refractivity contribution in [2.24, 2.45) is 10.9 Å². The van der Waals surface area contributed by atoms with Crippen LogP contribution in [0.1, 0.15) is 19.4 Å². The number of thioether (sulfide) groups is 1. The fourth-order valence-electron chi connectivity index (χ4n) is 1.66. The maximum Gasteiger partial charge on any atom is 0.161 e. The predicted octanol–water partition coefficient (Wildman–Crippen LogP) is 3.67. The largest absolute Gasteiger partial charge is 0.335 e. The van der Waals surface area contributed by atoms with Crippen molar-refractivity contribution >= 4 is 22.6 Å². The van der Waals surface area contributed by atoms with Crippen LogP contribution in [0.25, 0.3) is 0 Å². The van der Waals surface area contributed by atoms with Crippen LogP contribution in [0.3, 0.4) is 0 Å². The van der Waals surface area contributed by atoms with Crippen LogP contribution in [-0.2, 0) is 0 Å². The van der Waals surface area contributed by atoms with Gasteiger partial charge in [-0.2, -0.15) is 0 Å². The second kappa shape index (κ2) is 5.08. The Labute approximate surface area is 106 Å². The fourth-order valence-corrected chi connectivity index (χ4v) is 2.84. The van der Waals surface area contributed by atoms with Crippen LogP contribution in [0.2, 0.25) is 0 Å². The lowest BCUT2D eigenvalue weighted by atomic mass is 10.1. The first-order valence-electron chi connectivity index (χ1n) is 5.80. The average Bonchev–Trinajstić information content (AvgIpc) is 2.73. The molecule has 1 aromatic carbocycles. The summed E-state index contributed by atoms with van der Waals surface area (Å²) in [4.78, 5) is 4.60. The molecular formula is C13H17FN2S. The number of anilines is 1. The van der Waals surface area contributed by atoms with E-state index in [9.17, 15) is 4.39 Å². The standard InChI is InChI=1S/C13H17FN2S/c1-8(2)12-7-17-13(16-12)15-11-6-4-5-10(14)9(11)3/h4-6,8,12H,7H2,1-3H3,(H,15,16)/t12-/m1/s1. The molecule has 0 unspecified atom stereocenters. The molecule has 1 atom stereocenters. The first-order valence-corrected chi connectivity index (χ1v) is 6.79. The maximum atomic E-state index is 13.4. The molecule has 4 heteroatoms. The monoisotopic (exact) mass is 252 g/mol. The van der Waals surface area contributed by atoms with E-state index in [-0.39, 0.29) is 5.82 Å². The van der Waals surface area contributed by atoms with Gasteiger partial charge in [-0.3, -0.25) is 4.99 Å². The lowest BCUT2D eigenvalue weighted by molar-refractivity contribution is 0.543. The van der Waals surface area contributed by atoms with Crippen LogP contribution in [0.5, 0.6) is 0 Å². The van der Waals surface area contributed by atoms with Gasteiger partial charge in [0.1, 0.15) is 5.82 Å². The van der Waals surface area contributed by atoms with Gasteiger partial charge >= 0.3 is 0 Å². The molecule has 0 fully saturated rings. The zero-order valence-corrected chi connectivity index (χ0v) is 11.1. The summed E-state index contributed by atoms with van der Waals surface area (Å²) in [6.45, 7) is 6.12. The summed E-state index contributed by atoms with van der Waals surface area (Å²) in [6, 6.07) is 5.44. The lowest BCUT2D eigenvalue weighted by Crippen LogP contribution is -2.12. The molecule has 1 aliphatic rings. The van der Waals surface area contributed by atoms with Crippen LogP contribution < -0.4 is 5.32 Å². The van der Waals surface area contributed by atoms with E-state index in [0.29, 0.717) is 17.5 Å². The highest BCUT2D eigenvalue weighted by molar-refractivity contribution is 8.14. The molecule has 1 aromatic rings. The Balaban J connectivity index is 2.12. The number of amidine groups is 1. The SMILES string of the molecule is Cc1c(F)cccc1NC1=N[C@@H](C(C)C)CS1. The highest BCUT2D eigenvalue weighted by Gasteiger charge is 2.21. The second-order valence-corrected chi connectivity index (χ2v) is 5.60. The van der Waals surface area contributed by atoms with Gasteiger partial charge in [0.05, 0.1) is 6.04 Å². The molecule has 0 saturated heterocycles. The van der Waals surface area contributed by atoms with Gasteiger partial charge in [-0.05, 0) is 25.0 Å². The van der Waals surface area contributed by atoms with Crippen LogP contribution in [0.4, 0.5) is 10.1 Å². The second-order valence-electron chi connectivity index (χ2n) is 4.59. The molecule has 1 N–H and O–H groups in total. The number of nitrogens with one attached hydrogen (secondary N) is 1. The Kier molecular flexibility index (Phi) is 3.72. The molecule has 92 valence electrons. The van der Waals surface area contributed by atoms with Gasteiger partial charge in [0.2, 0.25) is 0 Å². The van der Waals surface area contributed by atoms with E-state index >= 15 is 0 Å². The number of aliphatic imine (C=N–C) groups is 1. The van der Waals surface area contributed by atoms with Crippen molar-refractivity contribution in [1.82, 2.24) is 0 Å². The lowest BCUT2D eigenvalue weighted by Gasteiger charge is -2.09. The van der Waals surface area contributed by atoms with Crippen LogP contribution >= 0.6 is 11.8 Å². The molecule has 0 aliphatic carbocycles. The van der Waals surface area contributed by atoms with E-state index < -0.39 is 0 Å². The number of halogens is 1. The van der Waals surface area contributed by atoms with Crippen molar-refractivity contribution in [1.29, 1.82) is 0 Å². The van der Waals surface area contributed by atoms with Gasteiger partial charge in [0, 0.05) is 17.0 Å². The van der Waals surface area contributed by atoms with Crippen molar-refractivity contribution in [2.75, 3.05) is 11.1 Å². The molecule has 1 aliphatic heterocycles. The van der Waals surface area contributed by atoms with Gasteiger partial charge in [0.25, 0.3) is 0 Å². The van der Waals surface area contributed by atoms with Crippen molar-refractivity contribution in [3.05, 3.63) is 29.6 Å². The quantitative estimate of drug-likeness (QED) is 0.868. The van der Waals surface area contributed by atoms with E-state index in [1.807, 2.05) is 6.07 Å². The number of benzene rings is 1. The molecule has 2 rings (SSSR count). The van der Waals surface area contributed by atoms with Gasteiger partial charge in [-0.1, -0.05) is 31.7 Å². The third-order valence-corrected chi connectivity index (χ3v) is 3.94. The van der Waals surface area contributed by atoms with Crippen molar-refractivity contribution in [3.63, 3.8) is 0 Å². The van der Waals surface area contributed by atoms with E-state index in [2.05, 4.69) is 24.2 Å². The number of nitrogens with zero attached hydrogens (tertiary/aromatic N) is 1. The summed E-state index contributed by atoms with van der Waals surface area (Å²) >= 11 is 1.70. The topological polar surface area (TPSA) is 24.4 Å². The summed E-state index contributed by atoms with van der Waals surface area (Å²) in [7, 11) is 0. The maximum absolute atomic E-state index is 13.4. The minimum atomic E-state index is -0.181. The third kappa shape index (κ3) is 2.80. The molecule has 0 aromatic heterocycles. The molecule has 0 radical (unpaired) electrons. The minimum absolute atomic E-state index is 0.181. The number of rotatable bonds is 2. The first-order chi connectivity index (χ1) is 8.08. The fraction of sp³-hybridized carbons (Fsp3) is 0.462. The summed E-state index contributed by atoms with van der Waals surface area (Å²) in [6.07, 6.45) is 0. The third-order valence-electron chi connectivity index (χ3n) is 2.95. The number of hydrogen-bond acceptors (Lipinski definition) is 3. The normalized spacial score (nSPS) is 19.6. The smallest absolute Gasteiger partial charge is 0.161 e. The molecule has 0 amide bonds. The summed E-state index contributed by atoms with van der Waals surface area (Å²) in [5.74, 6) is 1.38. The zero-order valence-electron chi connectivity index (χ0n) is 10.3. The van der Waals surface area contributed by atoms with Crippen LogP contribution in [0, 0.1) is 18.7 Å². The zero-order chi connectivity index (χ0) is 12.4. The van der Waals surface area contributed by atoms with E-state index in [1.54, 1.807) is 24.8 Å². The van der Waals surface area contributed by atoms with E-state index in [4.69, 9.17) is 0 Å². The van der Waals surface area contributed by atoms with Crippen LogP contribution in [-0.4, -0.2) is 17.0 Å². The Morgan fingerprint density at radius 1 is 1.47 bits per heavy atom. The minimum Gasteiger partial charge on any atom is -0.335 e. The average molecular weight is 252 g/mol. The molecule has 0 saturated carbocycles. The Morgan fingerprint density at radius 3 is 2.88 bits per heavy atom. The van der Waals surface area contributed by atoms with Gasteiger partial charge < -0.3 is 5.32 Å². The molecule has 0 spiro atoms. The molecule has 17 heavy (non-hydrogen) atoms. The van der Waals surface area contributed by atoms with Gasteiger partial charge in [-0.15, -0.1) is 0 Å². The molecule has 0 bridgehead atoms. The summed E-state index contributed by atoms with van der Waals surface area (Å²) in [5.41, 5.74) is 1.45. The van der Waals surface area contributed by atoms with E-state index in [1.165, 1.54) is 6.07 Å². The molecular weight excluding hydrogens is 235 g/mol. The Morgan fingerprint density at radius 2 is 2.24 bits per heavy atom. The summed E-state index contributed by atoms with van der Waals surface area (Å²) in [5, 5.41) is 4.11. The highest BCUT2D eigenvalue weighted by Crippen LogP contribution is 2.26. The highest BCUT2D eigenvalue weighted by atomic mass is 32.2. The Hall–Kier alpha value is -1.03. The molecule has 1 heterocycles. The van der Waals surface area contributed by atoms with Crippen molar-refractivity contribution in [2.45, 2.75) is 26.8 Å². The first kappa shape index (κ1) is 12.4. The Bertz CT molecular complexity index is 443. The van der Waals surface area contributed by atoms with Crippen molar-refractivity contribution < 1.29 is 4.39 Å². The molecule has 2 nitrogen and oxygen atoms in total.